The third-order valence-corrected chi connectivity index (χ3v) is 5.97. The Kier molecular flexibility index (Phi) is 6.33. The molecule has 3 rings (SSSR count). The molecular formula is C21H21FN2O4S. The molecule has 0 aliphatic heterocycles. The largest absolute Gasteiger partial charge is 0.493 e. The molecule has 0 saturated heterocycles. The smallest absolute Gasteiger partial charge is 0.235 e. The summed E-state index contributed by atoms with van der Waals surface area (Å²) in [5.41, 5.74) is 1.09. The van der Waals surface area contributed by atoms with Crippen molar-refractivity contribution in [1.82, 2.24) is 4.98 Å². The highest BCUT2D eigenvalue weighted by Crippen LogP contribution is 2.34. The standard InChI is InChI=1S/C21H21FN2O4S/c1-3-29(25,26)24(15-16-7-4-5-14-23-16)17-10-12-18(13-11-17)28-21-19(22)8-6-9-20(21)27-2/h4-14H,3,15H2,1-2H3. The van der Waals surface area contributed by atoms with Crippen LogP contribution in [0.3, 0.4) is 0 Å². The minimum absolute atomic E-state index is 0.0331. The second kappa shape index (κ2) is 8.91. The van der Waals surface area contributed by atoms with E-state index in [1.54, 1.807) is 61.7 Å². The number of benzene rings is 2. The first-order valence-corrected chi connectivity index (χ1v) is 10.6. The molecule has 8 heteroatoms. The zero-order valence-corrected chi connectivity index (χ0v) is 16.9. The van der Waals surface area contributed by atoms with Crippen molar-refractivity contribution in [2.24, 2.45) is 0 Å². The average molecular weight is 416 g/mol. The number of aromatic nitrogens is 1. The molecule has 6 nitrogen and oxygen atoms in total. The van der Waals surface area contributed by atoms with Gasteiger partial charge in [-0.05, 0) is 55.5 Å². The van der Waals surface area contributed by atoms with Crippen molar-refractivity contribution in [1.29, 1.82) is 0 Å². The Morgan fingerprint density at radius 1 is 1.03 bits per heavy atom. The number of pyridine rings is 1. The van der Waals surface area contributed by atoms with E-state index in [1.807, 2.05) is 0 Å². The number of anilines is 1. The van der Waals surface area contributed by atoms with Gasteiger partial charge >= 0.3 is 0 Å². The summed E-state index contributed by atoms with van der Waals surface area (Å²) < 4.78 is 51.3. The summed E-state index contributed by atoms with van der Waals surface area (Å²) in [4.78, 5) is 4.21. The second-order valence-electron chi connectivity index (χ2n) is 6.10. The van der Waals surface area contributed by atoms with E-state index >= 15 is 0 Å². The minimum Gasteiger partial charge on any atom is -0.493 e. The molecule has 0 spiro atoms. The molecule has 0 bridgehead atoms. The first-order valence-electron chi connectivity index (χ1n) is 8.95. The lowest BCUT2D eigenvalue weighted by Gasteiger charge is -2.23. The molecule has 0 aliphatic rings. The van der Waals surface area contributed by atoms with Crippen molar-refractivity contribution in [3.8, 4) is 17.2 Å². The summed E-state index contributed by atoms with van der Waals surface area (Å²) in [6.45, 7) is 1.70. The first-order chi connectivity index (χ1) is 13.9. The fourth-order valence-corrected chi connectivity index (χ4v) is 3.78. The van der Waals surface area contributed by atoms with Crippen LogP contribution in [0.2, 0.25) is 0 Å². The molecule has 0 atom stereocenters. The van der Waals surface area contributed by atoms with Crippen molar-refractivity contribution in [3.63, 3.8) is 0 Å². The van der Waals surface area contributed by atoms with Gasteiger partial charge in [-0.2, -0.15) is 0 Å². The molecule has 0 N–H and O–H groups in total. The van der Waals surface area contributed by atoms with Crippen LogP contribution in [0.4, 0.5) is 10.1 Å². The molecule has 29 heavy (non-hydrogen) atoms. The highest BCUT2D eigenvalue weighted by Gasteiger charge is 2.21. The normalized spacial score (nSPS) is 11.1. The Morgan fingerprint density at radius 3 is 2.41 bits per heavy atom. The lowest BCUT2D eigenvalue weighted by atomic mass is 10.2. The summed E-state index contributed by atoms with van der Waals surface area (Å²) >= 11 is 0. The van der Waals surface area contributed by atoms with Gasteiger partial charge in [0.1, 0.15) is 5.75 Å². The van der Waals surface area contributed by atoms with Crippen molar-refractivity contribution in [2.45, 2.75) is 13.5 Å². The molecule has 3 aromatic rings. The third-order valence-electron chi connectivity index (χ3n) is 4.23. The van der Waals surface area contributed by atoms with Gasteiger partial charge in [-0.3, -0.25) is 9.29 Å². The summed E-state index contributed by atoms with van der Waals surface area (Å²) in [5.74, 6) is -0.0267. The van der Waals surface area contributed by atoms with E-state index < -0.39 is 15.8 Å². The van der Waals surface area contributed by atoms with E-state index in [0.717, 1.165) is 0 Å². The average Bonchev–Trinajstić information content (AvgIpc) is 2.75. The van der Waals surface area contributed by atoms with Gasteiger partial charge in [0.2, 0.25) is 15.8 Å². The molecule has 0 unspecified atom stereocenters. The zero-order valence-electron chi connectivity index (χ0n) is 16.1. The Bertz CT molecular complexity index is 1060. The highest BCUT2D eigenvalue weighted by molar-refractivity contribution is 7.92. The van der Waals surface area contributed by atoms with Crippen LogP contribution in [0.1, 0.15) is 12.6 Å². The van der Waals surface area contributed by atoms with Crippen LogP contribution in [0, 0.1) is 5.82 Å². The Labute approximate surface area is 169 Å². The molecule has 2 aromatic carbocycles. The monoisotopic (exact) mass is 416 g/mol. The predicted molar refractivity (Wildman–Crippen MR) is 109 cm³/mol. The molecule has 1 heterocycles. The van der Waals surface area contributed by atoms with Crippen molar-refractivity contribution >= 4 is 15.7 Å². The molecule has 1 aromatic heterocycles. The van der Waals surface area contributed by atoms with Gasteiger partial charge in [-0.1, -0.05) is 12.1 Å². The summed E-state index contributed by atoms with van der Waals surface area (Å²) in [6.07, 6.45) is 1.62. The number of hydrogen-bond donors (Lipinski definition) is 0. The maximum atomic E-state index is 14.1. The van der Waals surface area contributed by atoms with Crippen LogP contribution in [0.5, 0.6) is 17.2 Å². The van der Waals surface area contributed by atoms with Crippen LogP contribution in [0.25, 0.3) is 0 Å². The molecular weight excluding hydrogens is 395 g/mol. The number of halogens is 1. The highest BCUT2D eigenvalue weighted by atomic mass is 32.2. The second-order valence-corrected chi connectivity index (χ2v) is 8.28. The van der Waals surface area contributed by atoms with Gasteiger partial charge in [-0.15, -0.1) is 0 Å². The van der Waals surface area contributed by atoms with Gasteiger partial charge < -0.3 is 9.47 Å². The fraction of sp³-hybridized carbons (Fsp3) is 0.190. The van der Waals surface area contributed by atoms with E-state index in [4.69, 9.17) is 9.47 Å². The van der Waals surface area contributed by atoms with Gasteiger partial charge in [0.15, 0.2) is 11.6 Å². The number of sulfonamides is 1. The number of nitrogens with zero attached hydrogens (tertiary/aromatic N) is 2. The van der Waals surface area contributed by atoms with Crippen LogP contribution in [0.15, 0.2) is 66.9 Å². The Morgan fingerprint density at radius 2 is 1.79 bits per heavy atom. The topological polar surface area (TPSA) is 68.7 Å². The summed E-state index contributed by atoms with van der Waals surface area (Å²) in [6, 6.07) is 16.1. The summed E-state index contributed by atoms with van der Waals surface area (Å²) in [7, 11) is -2.10. The van der Waals surface area contributed by atoms with E-state index in [1.165, 1.54) is 23.5 Å². The van der Waals surface area contributed by atoms with Gasteiger partial charge in [0.05, 0.1) is 30.8 Å². The Balaban J connectivity index is 1.88. The van der Waals surface area contributed by atoms with Crippen LogP contribution >= 0.6 is 0 Å². The van der Waals surface area contributed by atoms with Crippen molar-refractivity contribution in [2.75, 3.05) is 17.2 Å². The fourth-order valence-electron chi connectivity index (χ4n) is 2.69. The third kappa shape index (κ3) is 4.83. The first kappa shape index (κ1) is 20.6. The number of methoxy groups -OCH3 is 1. The van der Waals surface area contributed by atoms with E-state index in [0.29, 0.717) is 17.1 Å². The minimum atomic E-state index is -3.53. The Hall–Kier alpha value is -3.13. The maximum Gasteiger partial charge on any atom is 0.235 e. The molecule has 0 saturated carbocycles. The lowest BCUT2D eigenvalue weighted by molar-refractivity contribution is 0.364. The molecule has 0 radical (unpaired) electrons. The molecule has 0 amide bonds. The molecule has 0 fully saturated rings. The van der Waals surface area contributed by atoms with Crippen LogP contribution < -0.4 is 13.8 Å². The number of para-hydroxylation sites is 1. The quantitative estimate of drug-likeness (QED) is 0.545. The lowest BCUT2D eigenvalue weighted by Crippen LogP contribution is -2.32. The van der Waals surface area contributed by atoms with E-state index in [2.05, 4.69) is 4.98 Å². The number of ether oxygens (including phenoxy) is 2. The van der Waals surface area contributed by atoms with Gasteiger partial charge in [-0.25, -0.2) is 12.8 Å². The van der Waals surface area contributed by atoms with Crippen molar-refractivity contribution in [3.05, 3.63) is 78.4 Å². The number of hydrogen-bond acceptors (Lipinski definition) is 5. The predicted octanol–water partition coefficient (Wildman–Crippen LogP) is 4.38. The zero-order chi connectivity index (χ0) is 20.9. The number of rotatable bonds is 8. The van der Waals surface area contributed by atoms with Crippen molar-refractivity contribution < 1.29 is 22.3 Å². The van der Waals surface area contributed by atoms with E-state index in [9.17, 15) is 12.8 Å². The van der Waals surface area contributed by atoms with Crippen LogP contribution in [-0.4, -0.2) is 26.3 Å². The molecule has 0 aliphatic carbocycles. The van der Waals surface area contributed by atoms with Gasteiger partial charge in [0, 0.05) is 6.20 Å². The maximum absolute atomic E-state index is 14.1. The SMILES string of the molecule is CCS(=O)(=O)N(Cc1ccccn1)c1ccc(Oc2c(F)cccc2OC)cc1. The van der Waals surface area contributed by atoms with Crippen LogP contribution in [-0.2, 0) is 16.6 Å². The summed E-state index contributed by atoms with van der Waals surface area (Å²) in [5, 5.41) is 0. The van der Waals surface area contributed by atoms with E-state index in [-0.39, 0.29) is 23.8 Å². The van der Waals surface area contributed by atoms with Gasteiger partial charge in [0.25, 0.3) is 0 Å². The molecule has 152 valence electrons.